The minimum absolute atomic E-state index is 0.234. The van der Waals surface area contributed by atoms with Crippen molar-refractivity contribution in [3.05, 3.63) is 29.3 Å². The summed E-state index contributed by atoms with van der Waals surface area (Å²) in [5.74, 6) is 0.234. The number of benzene rings is 1. The second-order valence-corrected chi connectivity index (χ2v) is 6.51. The molecule has 18 heavy (non-hydrogen) atoms. The van der Waals surface area contributed by atoms with Crippen LogP contribution in [0.25, 0.3) is 0 Å². The standard InChI is InChI=1S/C15H20BrNO/c1-3-15(18)17-8-4-5-13-10-12(9-11(2)16)6-7-14(13)17/h6-7,10-11H,3-5,8-9H2,1-2H3. The highest BCUT2D eigenvalue weighted by molar-refractivity contribution is 9.09. The van der Waals surface area contributed by atoms with Crippen LogP contribution in [0.2, 0.25) is 0 Å². The molecule has 0 aromatic heterocycles. The Balaban J connectivity index is 2.27. The molecule has 1 aliphatic heterocycles. The maximum absolute atomic E-state index is 11.9. The van der Waals surface area contributed by atoms with Gasteiger partial charge in [-0.3, -0.25) is 4.79 Å². The molecule has 1 aromatic rings. The van der Waals surface area contributed by atoms with Crippen LogP contribution in [0.3, 0.4) is 0 Å². The number of halogens is 1. The van der Waals surface area contributed by atoms with E-state index in [-0.39, 0.29) is 5.91 Å². The molecule has 98 valence electrons. The third-order valence-electron chi connectivity index (χ3n) is 3.38. The minimum Gasteiger partial charge on any atom is -0.312 e. The fraction of sp³-hybridized carbons (Fsp3) is 0.533. The Morgan fingerprint density at radius 1 is 1.50 bits per heavy atom. The van der Waals surface area contributed by atoms with Crippen LogP contribution in [0.4, 0.5) is 5.69 Å². The van der Waals surface area contributed by atoms with E-state index in [1.807, 2.05) is 11.8 Å². The highest BCUT2D eigenvalue weighted by Crippen LogP contribution is 2.29. The summed E-state index contributed by atoms with van der Waals surface area (Å²) in [6.45, 7) is 4.96. The molecular weight excluding hydrogens is 290 g/mol. The van der Waals surface area contributed by atoms with Crippen molar-refractivity contribution in [3.8, 4) is 0 Å². The fourth-order valence-electron chi connectivity index (χ4n) is 2.55. The Labute approximate surface area is 117 Å². The third kappa shape index (κ3) is 2.94. The van der Waals surface area contributed by atoms with Crippen LogP contribution in [0.1, 0.15) is 37.8 Å². The summed E-state index contributed by atoms with van der Waals surface area (Å²) in [5, 5.41) is 0. The molecule has 1 atom stereocenters. The first-order valence-electron chi connectivity index (χ1n) is 6.68. The Hall–Kier alpha value is -0.830. The molecule has 0 aliphatic carbocycles. The number of hydrogen-bond donors (Lipinski definition) is 0. The van der Waals surface area contributed by atoms with E-state index in [1.165, 1.54) is 11.1 Å². The zero-order valence-electron chi connectivity index (χ0n) is 11.1. The van der Waals surface area contributed by atoms with Crippen molar-refractivity contribution in [2.24, 2.45) is 0 Å². The quantitative estimate of drug-likeness (QED) is 0.780. The van der Waals surface area contributed by atoms with Crippen LogP contribution >= 0.6 is 15.9 Å². The molecule has 3 heteroatoms. The molecule has 2 rings (SSSR count). The number of rotatable bonds is 3. The molecule has 2 nitrogen and oxygen atoms in total. The van der Waals surface area contributed by atoms with Gasteiger partial charge in [-0.15, -0.1) is 0 Å². The van der Waals surface area contributed by atoms with Crippen molar-refractivity contribution < 1.29 is 4.79 Å². The van der Waals surface area contributed by atoms with E-state index in [2.05, 4.69) is 41.1 Å². The van der Waals surface area contributed by atoms with E-state index in [0.29, 0.717) is 11.2 Å². The zero-order chi connectivity index (χ0) is 13.1. The normalized spacial score (nSPS) is 16.3. The molecule has 0 spiro atoms. The second kappa shape index (κ2) is 5.87. The second-order valence-electron chi connectivity index (χ2n) is 4.95. The van der Waals surface area contributed by atoms with Crippen molar-refractivity contribution >= 4 is 27.5 Å². The lowest BCUT2D eigenvalue weighted by atomic mass is 9.97. The lowest BCUT2D eigenvalue weighted by molar-refractivity contribution is -0.118. The van der Waals surface area contributed by atoms with E-state index in [4.69, 9.17) is 0 Å². The zero-order valence-corrected chi connectivity index (χ0v) is 12.7. The number of hydrogen-bond acceptors (Lipinski definition) is 1. The topological polar surface area (TPSA) is 20.3 Å². The van der Waals surface area contributed by atoms with Crippen LogP contribution in [-0.4, -0.2) is 17.3 Å². The van der Waals surface area contributed by atoms with Gasteiger partial charge < -0.3 is 4.90 Å². The van der Waals surface area contributed by atoms with E-state index in [0.717, 1.165) is 31.5 Å². The molecule has 1 amide bonds. The number of amides is 1. The van der Waals surface area contributed by atoms with Gasteiger partial charge in [-0.25, -0.2) is 0 Å². The van der Waals surface area contributed by atoms with Gasteiger partial charge in [0.15, 0.2) is 0 Å². The summed E-state index contributed by atoms with van der Waals surface area (Å²) in [7, 11) is 0. The number of alkyl halides is 1. The number of aryl methyl sites for hydroxylation is 1. The first kappa shape index (κ1) is 13.6. The molecule has 1 aliphatic rings. The Bertz CT molecular complexity index is 442. The summed E-state index contributed by atoms with van der Waals surface area (Å²) in [4.78, 5) is 14.3. The minimum atomic E-state index is 0.234. The summed E-state index contributed by atoms with van der Waals surface area (Å²) >= 11 is 3.59. The average molecular weight is 310 g/mol. The van der Waals surface area contributed by atoms with Gasteiger partial charge in [0.05, 0.1) is 0 Å². The van der Waals surface area contributed by atoms with Crippen molar-refractivity contribution in [2.45, 2.75) is 44.4 Å². The fourth-order valence-corrected chi connectivity index (χ4v) is 2.93. The molecule has 1 unspecified atom stereocenters. The summed E-state index contributed by atoms with van der Waals surface area (Å²) in [5.41, 5.74) is 3.80. The van der Waals surface area contributed by atoms with Crippen LogP contribution in [0, 0.1) is 0 Å². The van der Waals surface area contributed by atoms with Gasteiger partial charge in [0.25, 0.3) is 0 Å². The van der Waals surface area contributed by atoms with E-state index in [1.54, 1.807) is 0 Å². The largest absolute Gasteiger partial charge is 0.312 e. The van der Waals surface area contributed by atoms with E-state index < -0.39 is 0 Å². The monoisotopic (exact) mass is 309 g/mol. The SMILES string of the molecule is CCC(=O)N1CCCc2cc(CC(C)Br)ccc21. The Kier molecular flexibility index (Phi) is 4.44. The van der Waals surface area contributed by atoms with E-state index in [9.17, 15) is 4.79 Å². The van der Waals surface area contributed by atoms with Crippen molar-refractivity contribution in [1.29, 1.82) is 0 Å². The van der Waals surface area contributed by atoms with Gasteiger partial charge in [-0.1, -0.05) is 41.9 Å². The van der Waals surface area contributed by atoms with Gasteiger partial charge >= 0.3 is 0 Å². The van der Waals surface area contributed by atoms with Gasteiger partial charge in [0, 0.05) is 23.5 Å². The molecule has 1 aromatic carbocycles. The molecular formula is C15H20BrNO. The lowest BCUT2D eigenvalue weighted by Crippen LogP contribution is -2.34. The smallest absolute Gasteiger partial charge is 0.226 e. The molecule has 1 heterocycles. The van der Waals surface area contributed by atoms with Crippen LogP contribution < -0.4 is 4.90 Å². The van der Waals surface area contributed by atoms with Crippen LogP contribution in [-0.2, 0) is 17.6 Å². The lowest BCUT2D eigenvalue weighted by Gasteiger charge is -2.29. The molecule has 0 bridgehead atoms. The predicted octanol–water partition coefficient (Wildman–Crippen LogP) is 3.70. The van der Waals surface area contributed by atoms with Crippen LogP contribution in [0.15, 0.2) is 18.2 Å². The van der Waals surface area contributed by atoms with Gasteiger partial charge in [-0.2, -0.15) is 0 Å². The summed E-state index contributed by atoms with van der Waals surface area (Å²) < 4.78 is 0. The highest BCUT2D eigenvalue weighted by atomic mass is 79.9. The summed E-state index contributed by atoms with van der Waals surface area (Å²) in [6.07, 6.45) is 3.79. The maximum atomic E-state index is 11.9. The summed E-state index contributed by atoms with van der Waals surface area (Å²) in [6, 6.07) is 6.53. The van der Waals surface area contributed by atoms with Crippen molar-refractivity contribution in [1.82, 2.24) is 0 Å². The molecule has 0 fully saturated rings. The van der Waals surface area contributed by atoms with Gasteiger partial charge in [0.2, 0.25) is 5.91 Å². The van der Waals surface area contributed by atoms with Gasteiger partial charge in [-0.05, 0) is 36.5 Å². The van der Waals surface area contributed by atoms with Gasteiger partial charge in [0.1, 0.15) is 0 Å². The van der Waals surface area contributed by atoms with Crippen LogP contribution in [0.5, 0.6) is 0 Å². The predicted molar refractivity (Wildman–Crippen MR) is 79.5 cm³/mol. The van der Waals surface area contributed by atoms with Crippen molar-refractivity contribution in [3.63, 3.8) is 0 Å². The Morgan fingerprint density at radius 3 is 2.94 bits per heavy atom. The first-order valence-corrected chi connectivity index (χ1v) is 7.59. The Morgan fingerprint density at radius 2 is 2.28 bits per heavy atom. The molecule has 0 saturated heterocycles. The number of carbonyl (C=O) groups is 1. The molecule has 0 N–H and O–H groups in total. The van der Waals surface area contributed by atoms with E-state index >= 15 is 0 Å². The molecule has 0 radical (unpaired) electrons. The average Bonchev–Trinajstić information content (AvgIpc) is 2.36. The number of nitrogens with zero attached hydrogens (tertiary/aromatic N) is 1. The number of carbonyl (C=O) groups excluding carboxylic acids is 1. The number of fused-ring (bicyclic) bond motifs is 1. The highest BCUT2D eigenvalue weighted by Gasteiger charge is 2.21. The van der Waals surface area contributed by atoms with Crippen molar-refractivity contribution in [2.75, 3.05) is 11.4 Å². The maximum Gasteiger partial charge on any atom is 0.226 e. The third-order valence-corrected chi connectivity index (χ3v) is 3.71. The first-order chi connectivity index (χ1) is 8.61. The molecule has 0 saturated carbocycles. The number of anilines is 1.